The van der Waals surface area contributed by atoms with Crippen LogP contribution in [0.5, 0.6) is 5.75 Å². The van der Waals surface area contributed by atoms with Gasteiger partial charge in [0.1, 0.15) is 23.8 Å². The molecule has 0 aliphatic heterocycles. The van der Waals surface area contributed by atoms with Gasteiger partial charge in [-0.2, -0.15) is 0 Å². The first-order chi connectivity index (χ1) is 9.01. The lowest BCUT2D eigenvalue weighted by Crippen LogP contribution is -2.01. The van der Waals surface area contributed by atoms with E-state index in [9.17, 15) is 9.18 Å². The molecular formula is C13H13FN2O3. The summed E-state index contributed by atoms with van der Waals surface area (Å²) in [6.45, 7) is 1.75. The van der Waals surface area contributed by atoms with Gasteiger partial charge in [-0.1, -0.05) is 0 Å². The average Bonchev–Trinajstić information content (AvgIpc) is 2.69. The number of methoxy groups -OCH3 is 1. The van der Waals surface area contributed by atoms with Gasteiger partial charge in [0, 0.05) is 11.3 Å². The number of imidazole rings is 1. The van der Waals surface area contributed by atoms with Crippen molar-refractivity contribution in [2.24, 2.45) is 0 Å². The summed E-state index contributed by atoms with van der Waals surface area (Å²) in [6.07, 6.45) is -0.210. The zero-order chi connectivity index (χ0) is 14.0. The summed E-state index contributed by atoms with van der Waals surface area (Å²) in [5.74, 6) is -0.575. The van der Waals surface area contributed by atoms with Crippen molar-refractivity contribution in [1.82, 2.24) is 9.97 Å². The van der Waals surface area contributed by atoms with E-state index < -0.39 is 11.8 Å². The molecular weight excluding hydrogens is 251 g/mol. The number of rotatable bonds is 4. The molecule has 0 saturated heterocycles. The zero-order valence-corrected chi connectivity index (χ0v) is 10.5. The summed E-state index contributed by atoms with van der Waals surface area (Å²) >= 11 is 0. The summed E-state index contributed by atoms with van der Waals surface area (Å²) < 4.78 is 18.5. The van der Waals surface area contributed by atoms with E-state index in [4.69, 9.17) is 9.84 Å². The number of halogens is 1. The highest BCUT2D eigenvalue weighted by atomic mass is 19.1. The fraction of sp³-hybridized carbons (Fsp3) is 0.231. The summed E-state index contributed by atoms with van der Waals surface area (Å²) in [7, 11) is 1.48. The second-order valence-corrected chi connectivity index (χ2v) is 4.07. The molecule has 0 saturated carbocycles. The Morgan fingerprint density at radius 3 is 2.89 bits per heavy atom. The van der Waals surface area contributed by atoms with Crippen LogP contribution in [0.3, 0.4) is 0 Å². The number of aromatic amines is 1. The van der Waals surface area contributed by atoms with Gasteiger partial charge in [0.15, 0.2) is 0 Å². The smallest absolute Gasteiger partial charge is 0.311 e. The van der Waals surface area contributed by atoms with E-state index in [1.54, 1.807) is 6.92 Å². The van der Waals surface area contributed by atoms with Crippen LogP contribution in [0.2, 0.25) is 0 Å². The maximum atomic E-state index is 13.3. The number of hydrogen-bond donors (Lipinski definition) is 2. The molecule has 1 aromatic heterocycles. The quantitative estimate of drug-likeness (QED) is 0.887. The van der Waals surface area contributed by atoms with E-state index in [-0.39, 0.29) is 6.42 Å². The number of nitrogens with zero attached hydrogens (tertiary/aromatic N) is 1. The molecule has 0 aliphatic rings. The Balaban J connectivity index is 2.49. The molecule has 0 bridgehead atoms. The first-order valence-corrected chi connectivity index (χ1v) is 5.62. The second-order valence-electron chi connectivity index (χ2n) is 4.07. The first kappa shape index (κ1) is 13.1. The molecule has 6 heteroatoms. The van der Waals surface area contributed by atoms with Crippen LogP contribution < -0.4 is 4.74 Å². The highest BCUT2D eigenvalue weighted by Gasteiger charge is 2.15. The monoisotopic (exact) mass is 264 g/mol. The minimum Gasteiger partial charge on any atom is -0.496 e. The number of ether oxygens (including phenoxy) is 1. The highest BCUT2D eigenvalue weighted by molar-refractivity contribution is 5.72. The van der Waals surface area contributed by atoms with Crippen molar-refractivity contribution in [3.8, 4) is 17.0 Å². The molecule has 5 nitrogen and oxygen atoms in total. The van der Waals surface area contributed by atoms with E-state index in [1.807, 2.05) is 0 Å². The van der Waals surface area contributed by atoms with Crippen molar-refractivity contribution in [3.05, 3.63) is 35.5 Å². The third kappa shape index (κ3) is 2.73. The van der Waals surface area contributed by atoms with Crippen LogP contribution in [0, 0.1) is 12.7 Å². The summed E-state index contributed by atoms with van der Waals surface area (Å²) in [5, 5.41) is 8.74. The number of carboxylic acids is 1. The molecule has 0 unspecified atom stereocenters. The Labute approximate surface area is 109 Å². The molecule has 19 heavy (non-hydrogen) atoms. The minimum absolute atomic E-state index is 0.210. The fourth-order valence-electron chi connectivity index (χ4n) is 1.88. The summed E-state index contributed by atoms with van der Waals surface area (Å²) in [5.41, 5.74) is 1.65. The third-order valence-electron chi connectivity index (χ3n) is 2.67. The van der Waals surface area contributed by atoms with Gasteiger partial charge in [-0.3, -0.25) is 4.79 Å². The number of hydrogen-bond acceptors (Lipinski definition) is 3. The molecule has 0 amide bonds. The molecule has 1 heterocycles. The molecule has 0 radical (unpaired) electrons. The van der Waals surface area contributed by atoms with Crippen LogP contribution in [-0.4, -0.2) is 28.2 Å². The number of aryl methyl sites for hydroxylation is 1. The summed E-state index contributed by atoms with van der Waals surface area (Å²) in [4.78, 5) is 17.7. The lowest BCUT2D eigenvalue weighted by Gasteiger charge is -2.06. The number of H-pyrrole nitrogens is 1. The van der Waals surface area contributed by atoms with Crippen LogP contribution >= 0.6 is 0 Å². The number of benzene rings is 1. The molecule has 2 aromatic rings. The number of carbonyl (C=O) groups is 1. The highest BCUT2D eigenvalue weighted by Crippen LogP contribution is 2.31. The van der Waals surface area contributed by atoms with Gasteiger partial charge in [-0.25, -0.2) is 9.37 Å². The Kier molecular flexibility index (Phi) is 3.50. The number of aliphatic carboxylic acids is 1. The fourth-order valence-corrected chi connectivity index (χ4v) is 1.88. The van der Waals surface area contributed by atoms with Gasteiger partial charge in [-0.15, -0.1) is 0 Å². The minimum atomic E-state index is -0.980. The predicted octanol–water partition coefficient (Wildman–Crippen LogP) is 2.16. The average molecular weight is 264 g/mol. The SMILES string of the molecule is COc1ccc(F)cc1-c1nc(CC(=O)O)[nH]c1C. The molecule has 0 spiro atoms. The van der Waals surface area contributed by atoms with Gasteiger partial charge in [0.25, 0.3) is 0 Å². The molecule has 0 aliphatic carbocycles. The zero-order valence-electron chi connectivity index (χ0n) is 10.5. The normalized spacial score (nSPS) is 10.5. The molecule has 100 valence electrons. The molecule has 2 N–H and O–H groups in total. The van der Waals surface area contributed by atoms with Crippen molar-refractivity contribution in [2.75, 3.05) is 7.11 Å². The standard InChI is InChI=1S/C13H13FN2O3/c1-7-13(16-11(15-7)6-12(17)18)9-5-8(14)3-4-10(9)19-2/h3-5H,6H2,1-2H3,(H,15,16)(H,17,18). The van der Waals surface area contributed by atoms with E-state index in [2.05, 4.69) is 9.97 Å². The van der Waals surface area contributed by atoms with Crippen LogP contribution in [0.15, 0.2) is 18.2 Å². The van der Waals surface area contributed by atoms with Gasteiger partial charge >= 0.3 is 5.97 Å². The maximum Gasteiger partial charge on any atom is 0.311 e. The lowest BCUT2D eigenvalue weighted by atomic mass is 10.1. The molecule has 0 fully saturated rings. The van der Waals surface area contributed by atoms with Crippen molar-refractivity contribution < 1.29 is 19.0 Å². The largest absolute Gasteiger partial charge is 0.496 e. The Bertz CT molecular complexity index is 622. The second kappa shape index (κ2) is 5.09. The topological polar surface area (TPSA) is 75.2 Å². The number of nitrogens with one attached hydrogen (secondary N) is 1. The van der Waals surface area contributed by atoms with Crippen molar-refractivity contribution >= 4 is 5.97 Å². The van der Waals surface area contributed by atoms with Crippen LogP contribution in [-0.2, 0) is 11.2 Å². The van der Waals surface area contributed by atoms with Crippen LogP contribution in [0.4, 0.5) is 4.39 Å². The number of aromatic nitrogens is 2. The van der Waals surface area contributed by atoms with E-state index in [0.29, 0.717) is 28.5 Å². The Morgan fingerprint density at radius 2 is 2.26 bits per heavy atom. The molecule has 1 aromatic carbocycles. The van der Waals surface area contributed by atoms with E-state index >= 15 is 0 Å². The van der Waals surface area contributed by atoms with E-state index in [0.717, 1.165) is 0 Å². The van der Waals surface area contributed by atoms with Crippen molar-refractivity contribution in [1.29, 1.82) is 0 Å². The number of carboxylic acid groups (broad SMARTS) is 1. The van der Waals surface area contributed by atoms with Crippen LogP contribution in [0.25, 0.3) is 11.3 Å². The van der Waals surface area contributed by atoms with Crippen molar-refractivity contribution in [2.45, 2.75) is 13.3 Å². The van der Waals surface area contributed by atoms with Crippen LogP contribution in [0.1, 0.15) is 11.5 Å². The van der Waals surface area contributed by atoms with Crippen molar-refractivity contribution in [3.63, 3.8) is 0 Å². The molecule has 2 rings (SSSR count). The summed E-state index contributed by atoms with van der Waals surface area (Å²) in [6, 6.07) is 4.12. The van der Waals surface area contributed by atoms with Gasteiger partial charge in [0.05, 0.1) is 12.8 Å². The Morgan fingerprint density at radius 1 is 1.53 bits per heavy atom. The van der Waals surface area contributed by atoms with E-state index in [1.165, 1.54) is 25.3 Å². The van der Waals surface area contributed by atoms with Gasteiger partial charge in [-0.05, 0) is 25.1 Å². The Hall–Kier alpha value is -2.37. The van der Waals surface area contributed by atoms with Gasteiger partial charge < -0.3 is 14.8 Å². The third-order valence-corrected chi connectivity index (χ3v) is 2.67. The predicted molar refractivity (Wildman–Crippen MR) is 66.6 cm³/mol. The van der Waals surface area contributed by atoms with Gasteiger partial charge in [0.2, 0.25) is 0 Å². The maximum absolute atomic E-state index is 13.3. The first-order valence-electron chi connectivity index (χ1n) is 5.62. The molecule has 0 atom stereocenters. The lowest BCUT2D eigenvalue weighted by molar-refractivity contribution is -0.136.